The Hall–Kier alpha value is -0.610. The van der Waals surface area contributed by atoms with Crippen molar-refractivity contribution in [1.29, 1.82) is 0 Å². The first-order valence-electron chi connectivity index (χ1n) is 2.65. The highest BCUT2D eigenvalue weighted by Crippen LogP contribution is 2.17. The Kier molecular flexibility index (Phi) is 2.24. The van der Waals surface area contributed by atoms with E-state index in [1.807, 2.05) is 0 Å². The molecule has 3 N–H and O–H groups in total. The second-order valence-corrected chi connectivity index (χ2v) is 2.68. The molecule has 0 aliphatic carbocycles. The van der Waals surface area contributed by atoms with Gasteiger partial charge in [-0.05, 0) is 18.2 Å². The molecule has 0 aromatic heterocycles. The lowest BCUT2D eigenvalue weighted by Gasteiger charge is -2.00. The summed E-state index contributed by atoms with van der Waals surface area (Å²) in [5.74, 6) is 4.63. The van der Waals surface area contributed by atoms with Crippen molar-refractivity contribution in [3.05, 3.63) is 28.5 Å². The van der Waals surface area contributed by atoms with E-state index in [0.717, 1.165) is 0 Å². The maximum Gasteiger partial charge on any atom is 0.148 e. The molecule has 1 aromatic carbocycles. The van der Waals surface area contributed by atoms with Crippen LogP contribution in [0.1, 0.15) is 0 Å². The van der Waals surface area contributed by atoms with Crippen LogP contribution in [0.4, 0.5) is 10.1 Å². The van der Waals surface area contributed by atoms with Gasteiger partial charge in [-0.1, -0.05) is 15.9 Å². The second-order valence-electron chi connectivity index (χ2n) is 1.77. The Morgan fingerprint density at radius 2 is 2.20 bits per heavy atom. The molecule has 54 valence electrons. The summed E-state index contributed by atoms with van der Waals surface area (Å²) < 4.78 is 13.4. The largest absolute Gasteiger partial charge is 0.321 e. The van der Waals surface area contributed by atoms with E-state index in [2.05, 4.69) is 21.4 Å². The molecule has 0 heterocycles. The monoisotopic (exact) mass is 204 g/mol. The van der Waals surface area contributed by atoms with Crippen molar-refractivity contribution in [2.24, 2.45) is 5.84 Å². The Balaban J connectivity index is 3.07. The Morgan fingerprint density at radius 3 is 2.70 bits per heavy atom. The van der Waals surface area contributed by atoms with Crippen molar-refractivity contribution >= 4 is 21.6 Å². The van der Waals surface area contributed by atoms with Gasteiger partial charge in [0.1, 0.15) is 5.82 Å². The highest BCUT2D eigenvalue weighted by Gasteiger charge is 1.98. The van der Waals surface area contributed by atoms with Crippen LogP contribution >= 0.6 is 15.9 Å². The van der Waals surface area contributed by atoms with Gasteiger partial charge >= 0.3 is 0 Å². The van der Waals surface area contributed by atoms with Crippen LogP contribution in [-0.2, 0) is 0 Å². The molecule has 4 heteroatoms. The van der Waals surface area contributed by atoms with Crippen LogP contribution in [0.15, 0.2) is 22.7 Å². The van der Waals surface area contributed by atoms with Gasteiger partial charge in [0.25, 0.3) is 0 Å². The highest BCUT2D eigenvalue weighted by atomic mass is 79.9. The van der Waals surface area contributed by atoms with Gasteiger partial charge in [0.2, 0.25) is 0 Å². The predicted molar refractivity (Wildman–Crippen MR) is 41.9 cm³/mol. The Labute approximate surface area is 66.3 Å². The zero-order chi connectivity index (χ0) is 7.56. The Morgan fingerprint density at radius 1 is 1.50 bits per heavy atom. The number of benzene rings is 1. The number of rotatable bonds is 1. The lowest BCUT2D eigenvalue weighted by Crippen LogP contribution is -2.08. The first-order chi connectivity index (χ1) is 4.74. The second kappa shape index (κ2) is 2.98. The number of nitrogen functional groups attached to an aromatic ring is 1. The molecule has 0 radical (unpaired) electrons. The SMILES string of the molecule is NNc1ccc(Br)cc1F. The van der Waals surface area contributed by atoms with Gasteiger partial charge in [-0.3, -0.25) is 5.84 Å². The van der Waals surface area contributed by atoms with Gasteiger partial charge in [-0.25, -0.2) is 4.39 Å². The average molecular weight is 205 g/mol. The molecule has 0 spiro atoms. The number of nitrogens with one attached hydrogen (secondary N) is 1. The van der Waals surface area contributed by atoms with Crippen LogP contribution in [-0.4, -0.2) is 0 Å². The summed E-state index contributed by atoms with van der Waals surface area (Å²) in [4.78, 5) is 0. The lowest BCUT2D eigenvalue weighted by atomic mass is 10.3. The van der Waals surface area contributed by atoms with Crippen molar-refractivity contribution in [2.45, 2.75) is 0 Å². The first kappa shape index (κ1) is 7.50. The standard InChI is InChI=1S/C6H6BrFN2/c7-4-1-2-6(10-9)5(8)3-4/h1-3,10H,9H2. The fraction of sp³-hybridized carbons (Fsp3) is 0. The molecule has 2 nitrogen and oxygen atoms in total. The van der Waals surface area contributed by atoms with E-state index in [-0.39, 0.29) is 5.82 Å². The fourth-order valence-corrected chi connectivity index (χ4v) is 0.940. The van der Waals surface area contributed by atoms with Gasteiger partial charge in [0.05, 0.1) is 5.69 Å². The third-order valence-electron chi connectivity index (χ3n) is 1.09. The maximum absolute atomic E-state index is 12.7. The number of hydrazine groups is 1. The number of anilines is 1. The molecule has 1 aromatic rings. The van der Waals surface area contributed by atoms with Crippen molar-refractivity contribution in [1.82, 2.24) is 0 Å². The number of hydrogen-bond donors (Lipinski definition) is 2. The summed E-state index contributed by atoms with van der Waals surface area (Å²) in [6, 6.07) is 4.60. The molecule has 1 rings (SSSR count). The topological polar surface area (TPSA) is 38.0 Å². The summed E-state index contributed by atoms with van der Waals surface area (Å²) in [5, 5.41) is 0. The summed E-state index contributed by atoms with van der Waals surface area (Å²) in [6.45, 7) is 0. The third-order valence-corrected chi connectivity index (χ3v) is 1.58. The van der Waals surface area contributed by atoms with E-state index in [4.69, 9.17) is 5.84 Å². The molecule has 0 fully saturated rings. The quantitative estimate of drug-likeness (QED) is 0.542. The van der Waals surface area contributed by atoms with Gasteiger partial charge in [0, 0.05) is 4.47 Å². The van der Waals surface area contributed by atoms with Crippen LogP contribution in [0.2, 0.25) is 0 Å². The summed E-state index contributed by atoms with van der Waals surface area (Å²) in [7, 11) is 0. The van der Waals surface area contributed by atoms with Gasteiger partial charge in [0.15, 0.2) is 0 Å². The molecule has 0 bridgehead atoms. The zero-order valence-corrected chi connectivity index (χ0v) is 6.65. The van der Waals surface area contributed by atoms with E-state index in [9.17, 15) is 4.39 Å². The van der Waals surface area contributed by atoms with Crippen LogP contribution in [0.25, 0.3) is 0 Å². The van der Waals surface area contributed by atoms with E-state index in [1.165, 1.54) is 6.07 Å². The average Bonchev–Trinajstić information content (AvgIpc) is 1.88. The molecule has 0 aliphatic rings. The van der Waals surface area contributed by atoms with Gasteiger partial charge in [-0.2, -0.15) is 0 Å². The zero-order valence-electron chi connectivity index (χ0n) is 5.07. The molecule has 0 atom stereocenters. The fourth-order valence-electron chi connectivity index (χ4n) is 0.607. The number of nitrogens with two attached hydrogens (primary N) is 1. The number of halogens is 2. The summed E-state index contributed by atoms with van der Waals surface area (Å²) in [5.41, 5.74) is 2.52. The lowest BCUT2D eigenvalue weighted by molar-refractivity contribution is 0.630. The molecule has 0 aliphatic heterocycles. The van der Waals surface area contributed by atoms with Crippen molar-refractivity contribution in [2.75, 3.05) is 5.43 Å². The summed E-state index contributed by atoms with van der Waals surface area (Å²) in [6.07, 6.45) is 0. The molecule has 10 heavy (non-hydrogen) atoms. The minimum atomic E-state index is -0.364. The normalized spacial score (nSPS) is 9.50. The molecular weight excluding hydrogens is 199 g/mol. The minimum Gasteiger partial charge on any atom is -0.321 e. The van der Waals surface area contributed by atoms with Crippen LogP contribution in [0, 0.1) is 5.82 Å². The molecule has 0 saturated heterocycles. The van der Waals surface area contributed by atoms with Crippen molar-refractivity contribution < 1.29 is 4.39 Å². The highest BCUT2D eigenvalue weighted by molar-refractivity contribution is 9.10. The third kappa shape index (κ3) is 1.46. The van der Waals surface area contributed by atoms with Crippen LogP contribution in [0.3, 0.4) is 0 Å². The molecule has 0 saturated carbocycles. The van der Waals surface area contributed by atoms with E-state index < -0.39 is 0 Å². The van der Waals surface area contributed by atoms with Crippen molar-refractivity contribution in [3.63, 3.8) is 0 Å². The van der Waals surface area contributed by atoms with Crippen molar-refractivity contribution in [3.8, 4) is 0 Å². The van der Waals surface area contributed by atoms with E-state index >= 15 is 0 Å². The first-order valence-corrected chi connectivity index (χ1v) is 3.45. The van der Waals surface area contributed by atoms with E-state index in [0.29, 0.717) is 10.2 Å². The minimum absolute atomic E-state index is 0.295. The predicted octanol–water partition coefficient (Wildman–Crippen LogP) is 1.87. The van der Waals surface area contributed by atoms with Crippen LogP contribution in [0.5, 0.6) is 0 Å². The number of hydrogen-bond acceptors (Lipinski definition) is 2. The summed E-state index contributed by atoms with van der Waals surface area (Å²) >= 11 is 3.12. The molecule has 0 amide bonds. The van der Waals surface area contributed by atoms with E-state index in [1.54, 1.807) is 12.1 Å². The molecule has 0 unspecified atom stereocenters. The van der Waals surface area contributed by atoms with Gasteiger partial charge < -0.3 is 5.43 Å². The maximum atomic E-state index is 12.7. The molecular formula is C6H6BrFN2. The van der Waals surface area contributed by atoms with Gasteiger partial charge in [-0.15, -0.1) is 0 Å². The van der Waals surface area contributed by atoms with Crippen LogP contribution < -0.4 is 11.3 Å². The smallest absolute Gasteiger partial charge is 0.148 e. The Bertz CT molecular complexity index is 239.